The van der Waals surface area contributed by atoms with Crippen molar-refractivity contribution in [3.05, 3.63) is 53.5 Å². The maximum absolute atomic E-state index is 12.8. The number of aromatic nitrogens is 2. The van der Waals surface area contributed by atoms with Gasteiger partial charge in [-0.05, 0) is 19.1 Å². The molecule has 130 valence electrons. The topological polar surface area (TPSA) is 81.6 Å². The quantitative estimate of drug-likeness (QED) is 0.790. The maximum atomic E-state index is 12.8. The molecule has 1 aromatic heterocycles. The zero-order valence-electron chi connectivity index (χ0n) is 14.1. The van der Waals surface area contributed by atoms with Gasteiger partial charge in [0.25, 0.3) is 5.91 Å². The number of benzene rings is 1. The lowest BCUT2D eigenvalue weighted by Gasteiger charge is -2.18. The van der Waals surface area contributed by atoms with Crippen molar-refractivity contribution >= 4 is 11.9 Å². The van der Waals surface area contributed by atoms with Crippen LogP contribution in [0.2, 0.25) is 0 Å². The molecular formula is C18H19N3O4. The normalized spacial score (nSPS) is 16.6. The second-order valence-corrected chi connectivity index (χ2v) is 5.76. The first-order valence-corrected chi connectivity index (χ1v) is 8.01. The highest BCUT2D eigenvalue weighted by Gasteiger charge is 2.30. The minimum atomic E-state index is -0.521. The summed E-state index contributed by atoms with van der Waals surface area (Å²) in [5.41, 5.74) is 0.610. The predicted molar refractivity (Wildman–Crippen MR) is 89.5 cm³/mol. The first-order valence-electron chi connectivity index (χ1n) is 8.01. The van der Waals surface area contributed by atoms with Crippen LogP contribution < -0.4 is 4.74 Å². The van der Waals surface area contributed by atoms with Crippen LogP contribution in [0.5, 0.6) is 5.88 Å². The van der Waals surface area contributed by atoms with E-state index < -0.39 is 5.97 Å². The third-order valence-electron chi connectivity index (χ3n) is 4.03. The van der Waals surface area contributed by atoms with E-state index >= 15 is 0 Å². The van der Waals surface area contributed by atoms with E-state index in [-0.39, 0.29) is 17.6 Å². The van der Waals surface area contributed by atoms with Gasteiger partial charge in [0.1, 0.15) is 11.9 Å². The average molecular weight is 341 g/mol. The Morgan fingerprint density at radius 1 is 1.20 bits per heavy atom. The number of aryl methyl sites for hydroxylation is 1. The van der Waals surface area contributed by atoms with E-state index in [9.17, 15) is 9.59 Å². The van der Waals surface area contributed by atoms with Crippen LogP contribution in [-0.4, -0.2) is 53.0 Å². The number of hydrogen-bond donors (Lipinski definition) is 0. The van der Waals surface area contributed by atoms with Crippen LogP contribution in [0.3, 0.4) is 0 Å². The molecule has 7 nitrogen and oxygen atoms in total. The number of methoxy groups -OCH3 is 1. The molecule has 1 aromatic carbocycles. The summed E-state index contributed by atoms with van der Waals surface area (Å²) in [6.45, 7) is 2.79. The number of nitrogens with zero attached hydrogens (tertiary/aromatic N) is 3. The fraction of sp³-hybridized carbons (Fsp3) is 0.333. The average Bonchev–Trinajstić information content (AvgIpc) is 3.09. The highest BCUT2D eigenvalue weighted by Crippen LogP contribution is 2.20. The van der Waals surface area contributed by atoms with Crippen molar-refractivity contribution in [1.29, 1.82) is 0 Å². The minimum absolute atomic E-state index is 0.136. The lowest BCUT2D eigenvalue weighted by atomic mass is 10.1. The van der Waals surface area contributed by atoms with Gasteiger partial charge < -0.3 is 14.4 Å². The molecule has 0 bridgehead atoms. The fourth-order valence-electron chi connectivity index (χ4n) is 2.81. The van der Waals surface area contributed by atoms with E-state index in [1.54, 1.807) is 48.4 Å². The van der Waals surface area contributed by atoms with E-state index in [1.807, 2.05) is 0 Å². The third kappa shape index (κ3) is 3.76. The summed E-state index contributed by atoms with van der Waals surface area (Å²) in [6.07, 6.45) is 2.21. The van der Waals surface area contributed by atoms with Crippen molar-refractivity contribution in [2.75, 3.05) is 20.2 Å². The van der Waals surface area contributed by atoms with Crippen LogP contribution >= 0.6 is 0 Å². The Hall–Kier alpha value is -2.96. The Labute approximate surface area is 145 Å². The highest BCUT2D eigenvalue weighted by molar-refractivity contribution is 6.05. The Bertz CT molecular complexity index is 793. The SMILES string of the molecule is COC(=O)c1ccccc1C(=O)N1CC[C@H](Oc2ccnc(C)n2)C1. The van der Waals surface area contributed by atoms with Crippen molar-refractivity contribution in [2.45, 2.75) is 19.4 Å². The molecular weight excluding hydrogens is 322 g/mol. The van der Waals surface area contributed by atoms with Gasteiger partial charge in [0.2, 0.25) is 5.88 Å². The van der Waals surface area contributed by atoms with E-state index in [0.29, 0.717) is 36.8 Å². The number of likely N-dealkylation sites (tertiary alicyclic amines) is 1. The lowest BCUT2D eigenvalue weighted by molar-refractivity contribution is 0.0591. The van der Waals surface area contributed by atoms with Crippen molar-refractivity contribution in [1.82, 2.24) is 14.9 Å². The summed E-state index contributed by atoms with van der Waals surface area (Å²) in [5.74, 6) is 0.413. The molecule has 1 amide bonds. The van der Waals surface area contributed by atoms with Crippen molar-refractivity contribution in [2.24, 2.45) is 0 Å². The van der Waals surface area contributed by atoms with Gasteiger partial charge in [-0.1, -0.05) is 12.1 Å². The summed E-state index contributed by atoms with van der Waals surface area (Å²) >= 11 is 0. The molecule has 7 heteroatoms. The van der Waals surface area contributed by atoms with Crippen LogP contribution in [0.15, 0.2) is 36.5 Å². The molecule has 0 saturated carbocycles. The number of carbonyl (C=O) groups excluding carboxylic acids is 2. The standard InChI is InChI=1S/C18H19N3O4/c1-12-19-9-7-16(20-12)25-13-8-10-21(11-13)17(22)14-5-3-4-6-15(14)18(23)24-2/h3-7,9,13H,8,10-11H2,1-2H3/t13-/m0/s1. The number of amides is 1. The molecule has 25 heavy (non-hydrogen) atoms. The molecule has 3 rings (SSSR count). The number of carbonyl (C=O) groups is 2. The zero-order chi connectivity index (χ0) is 17.8. The van der Waals surface area contributed by atoms with Crippen LogP contribution in [0.4, 0.5) is 0 Å². The summed E-state index contributed by atoms with van der Waals surface area (Å²) in [4.78, 5) is 34.6. The molecule has 0 spiro atoms. The second kappa shape index (κ2) is 7.29. The summed E-state index contributed by atoms with van der Waals surface area (Å²) < 4.78 is 10.6. The Kier molecular flexibility index (Phi) is 4.92. The Balaban J connectivity index is 1.70. The summed E-state index contributed by atoms with van der Waals surface area (Å²) in [7, 11) is 1.30. The molecule has 1 saturated heterocycles. The zero-order valence-corrected chi connectivity index (χ0v) is 14.1. The van der Waals surface area contributed by atoms with Gasteiger partial charge in [0.05, 0.1) is 24.8 Å². The second-order valence-electron chi connectivity index (χ2n) is 5.76. The van der Waals surface area contributed by atoms with Crippen LogP contribution in [0.25, 0.3) is 0 Å². The molecule has 0 unspecified atom stereocenters. The number of rotatable bonds is 4. The van der Waals surface area contributed by atoms with E-state index in [2.05, 4.69) is 9.97 Å². The minimum Gasteiger partial charge on any atom is -0.472 e. The smallest absolute Gasteiger partial charge is 0.338 e. The molecule has 2 aromatic rings. The number of esters is 1. The third-order valence-corrected chi connectivity index (χ3v) is 4.03. The molecule has 1 atom stereocenters. The molecule has 0 N–H and O–H groups in total. The van der Waals surface area contributed by atoms with Crippen LogP contribution in [0, 0.1) is 6.92 Å². The van der Waals surface area contributed by atoms with E-state index in [4.69, 9.17) is 9.47 Å². The summed E-state index contributed by atoms with van der Waals surface area (Å²) in [5, 5.41) is 0. The monoisotopic (exact) mass is 341 g/mol. The van der Waals surface area contributed by atoms with E-state index in [0.717, 1.165) is 0 Å². The highest BCUT2D eigenvalue weighted by atomic mass is 16.5. The molecule has 1 fully saturated rings. The van der Waals surface area contributed by atoms with Crippen molar-refractivity contribution in [3.8, 4) is 5.88 Å². The largest absolute Gasteiger partial charge is 0.472 e. The van der Waals surface area contributed by atoms with Crippen molar-refractivity contribution < 1.29 is 19.1 Å². The summed E-state index contributed by atoms with van der Waals surface area (Å²) in [6, 6.07) is 8.36. The number of hydrogen-bond acceptors (Lipinski definition) is 6. The van der Waals surface area contributed by atoms with Gasteiger partial charge in [-0.2, -0.15) is 4.98 Å². The molecule has 0 radical (unpaired) electrons. The fourth-order valence-corrected chi connectivity index (χ4v) is 2.81. The number of ether oxygens (including phenoxy) is 2. The van der Waals surface area contributed by atoms with Gasteiger partial charge in [-0.3, -0.25) is 4.79 Å². The van der Waals surface area contributed by atoms with Gasteiger partial charge in [0, 0.05) is 25.2 Å². The first-order chi connectivity index (χ1) is 12.1. The van der Waals surface area contributed by atoms with Gasteiger partial charge >= 0.3 is 5.97 Å². The molecule has 2 heterocycles. The van der Waals surface area contributed by atoms with Crippen molar-refractivity contribution in [3.63, 3.8) is 0 Å². The predicted octanol–water partition coefficient (Wildman–Crippen LogP) is 1.87. The van der Waals surface area contributed by atoms with Gasteiger partial charge in [-0.15, -0.1) is 0 Å². The Morgan fingerprint density at radius 2 is 1.96 bits per heavy atom. The molecule has 1 aliphatic rings. The lowest BCUT2D eigenvalue weighted by Crippen LogP contribution is -2.32. The van der Waals surface area contributed by atoms with Gasteiger partial charge in [0.15, 0.2) is 0 Å². The Morgan fingerprint density at radius 3 is 2.68 bits per heavy atom. The van der Waals surface area contributed by atoms with Gasteiger partial charge in [-0.25, -0.2) is 9.78 Å². The van der Waals surface area contributed by atoms with Crippen LogP contribution in [0.1, 0.15) is 33.0 Å². The molecule has 0 aliphatic carbocycles. The first kappa shape index (κ1) is 16.9. The molecule has 1 aliphatic heterocycles. The van der Waals surface area contributed by atoms with Crippen LogP contribution in [-0.2, 0) is 4.74 Å². The maximum Gasteiger partial charge on any atom is 0.338 e. The van der Waals surface area contributed by atoms with E-state index in [1.165, 1.54) is 7.11 Å².